The molecule has 2 heterocycles. The first-order chi connectivity index (χ1) is 14.1. The van der Waals surface area contributed by atoms with Crippen LogP contribution in [0.25, 0.3) is 6.08 Å². The number of thioether (sulfide) groups is 1. The van der Waals surface area contributed by atoms with Gasteiger partial charge in [0.05, 0.1) is 17.7 Å². The number of amides is 1. The topological polar surface area (TPSA) is 42.7 Å². The van der Waals surface area contributed by atoms with Crippen molar-refractivity contribution in [3.05, 3.63) is 94.3 Å². The first kappa shape index (κ1) is 19.5. The average Bonchev–Trinajstić information content (AvgIpc) is 3.33. The third kappa shape index (κ3) is 4.60. The van der Waals surface area contributed by atoms with Crippen molar-refractivity contribution in [1.82, 2.24) is 4.90 Å². The molecule has 0 N–H and O–H groups in total. The summed E-state index contributed by atoms with van der Waals surface area (Å²) in [6.45, 7) is 2.95. The molecule has 4 nitrogen and oxygen atoms in total. The van der Waals surface area contributed by atoms with Gasteiger partial charge in [-0.05, 0) is 54.0 Å². The van der Waals surface area contributed by atoms with Gasteiger partial charge in [0.25, 0.3) is 5.91 Å². The van der Waals surface area contributed by atoms with Gasteiger partial charge in [-0.25, -0.2) is 0 Å². The number of hydrogen-bond donors (Lipinski definition) is 0. The number of aryl methyl sites for hydroxylation is 1. The van der Waals surface area contributed by atoms with Crippen LogP contribution in [0.1, 0.15) is 22.5 Å². The second kappa shape index (κ2) is 8.68. The Labute approximate surface area is 179 Å². The fourth-order valence-electron chi connectivity index (χ4n) is 2.94. The molecular weight excluding hydrogens is 402 g/mol. The number of carbonyl (C=O) groups excluding carboxylic acids is 1. The Kier molecular flexibility index (Phi) is 5.83. The molecule has 0 aliphatic carbocycles. The van der Waals surface area contributed by atoms with Crippen molar-refractivity contribution >= 4 is 40.3 Å². The van der Waals surface area contributed by atoms with Crippen LogP contribution in [0, 0.1) is 6.92 Å². The maximum atomic E-state index is 12.7. The molecule has 0 saturated carbocycles. The van der Waals surface area contributed by atoms with Crippen molar-refractivity contribution < 1.29 is 13.9 Å². The molecule has 1 amide bonds. The lowest BCUT2D eigenvalue weighted by Gasteiger charge is -2.12. The highest BCUT2D eigenvalue weighted by Crippen LogP contribution is 2.33. The Morgan fingerprint density at radius 2 is 1.90 bits per heavy atom. The summed E-state index contributed by atoms with van der Waals surface area (Å²) in [5.41, 5.74) is 3.30. The quantitative estimate of drug-likeness (QED) is 0.385. The lowest BCUT2D eigenvalue weighted by Crippen LogP contribution is -2.27. The van der Waals surface area contributed by atoms with Crippen LogP contribution in [0.2, 0.25) is 0 Å². The van der Waals surface area contributed by atoms with E-state index in [0.717, 1.165) is 16.9 Å². The molecule has 1 aromatic heterocycles. The number of nitrogens with zero attached hydrogens (tertiary/aromatic N) is 1. The van der Waals surface area contributed by atoms with Gasteiger partial charge in [-0.15, -0.1) is 0 Å². The Morgan fingerprint density at radius 1 is 1.10 bits per heavy atom. The predicted octanol–water partition coefficient (Wildman–Crippen LogP) is 5.57. The Hall–Kier alpha value is -2.83. The van der Waals surface area contributed by atoms with Crippen LogP contribution in [0.3, 0.4) is 0 Å². The molecule has 2 aromatic carbocycles. The molecule has 0 bridgehead atoms. The monoisotopic (exact) mass is 421 g/mol. The van der Waals surface area contributed by atoms with Gasteiger partial charge in [0.15, 0.2) is 0 Å². The summed E-state index contributed by atoms with van der Waals surface area (Å²) < 4.78 is 11.7. The maximum Gasteiger partial charge on any atom is 0.266 e. The molecule has 1 saturated heterocycles. The lowest BCUT2D eigenvalue weighted by molar-refractivity contribution is -0.122. The van der Waals surface area contributed by atoms with Crippen LogP contribution in [0.15, 0.2) is 76.2 Å². The summed E-state index contributed by atoms with van der Waals surface area (Å²) in [6, 6.07) is 19.5. The lowest BCUT2D eigenvalue weighted by atomic mass is 10.1. The van der Waals surface area contributed by atoms with E-state index in [2.05, 4.69) is 19.1 Å². The van der Waals surface area contributed by atoms with E-state index in [0.29, 0.717) is 28.1 Å². The summed E-state index contributed by atoms with van der Waals surface area (Å²) in [6.07, 6.45) is 3.44. The number of benzene rings is 2. The van der Waals surface area contributed by atoms with Crippen molar-refractivity contribution in [2.24, 2.45) is 0 Å². The number of carbonyl (C=O) groups is 1. The zero-order valence-corrected chi connectivity index (χ0v) is 17.5. The summed E-state index contributed by atoms with van der Waals surface area (Å²) >= 11 is 6.67. The van der Waals surface area contributed by atoms with Gasteiger partial charge in [-0.3, -0.25) is 9.69 Å². The predicted molar refractivity (Wildman–Crippen MR) is 119 cm³/mol. The summed E-state index contributed by atoms with van der Waals surface area (Å²) in [4.78, 5) is 14.9. The molecule has 1 fully saturated rings. The first-order valence-corrected chi connectivity index (χ1v) is 10.4. The van der Waals surface area contributed by atoms with Gasteiger partial charge >= 0.3 is 0 Å². The number of thiocarbonyl (C=S) groups is 1. The maximum absolute atomic E-state index is 12.7. The van der Waals surface area contributed by atoms with Gasteiger partial charge in [-0.2, -0.15) is 0 Å². The Balaban J connectivity index is 1.41. The van der Waals surface area contributed by atoms with E-state index < -0.39 is 0 Å². The standard InChI is InChI=1S/C23H19NO3S2/c1-16-5-2-3-6-18(16)15-27-19-10-8-17(9-11-19)13-21-22(25)24(23(28)29-21)14-20-7-4-12-26-20/h2-13H,14-15H2,1H3/b21-13-. The number of ether oxygens (including phenoxy) is 1. The highest BCUT2D eigenvalue weighted by atomic mass is 32.2. The van der Waals surface area contributed by atoms with Crippen molar-refractivity contribution in [2.75, 3.05) is 0 Å². The van der Waals surface area contributed by atoms with E-state index in [4.69, 9.17) is 21.4 Å². The summed E-state index contributed by atoms with van der Waals surface area (Å²) in [5.74, 6) is 1.39. The fourth-order valence-corrected chi connectivity index (χ4v) is 4.19. The Morgan fingerprint density at radius 3 is 2.62 bits per heavy atom. The molecule has 1 aliphatic rings. The van der Waals surface area contributed by atoms with Crippen LogP contribution in [0.5, 0.6) is 5.75 Å². The van der Waals surface area contributed by atoms with E-state index in [1.807, 2.05) is 48.5 Å². The third-order valence-electron chi connectivity index (χ3n) is 4.60. The fraction of sp³-hybridized carbons (Fsp3) is 0.130. The van der Waals surface area contributed by atoms with Crippen molar-refractivity contribution in [2.45, 2.75) is 20.1 Å². The highest BCUT2D eigenvalue weighted by molar-refractivity contribution is 8.26. The zero-order chi connectivity index (χ0) is 20.2. The van der Waals surface area contributed by atoms with Gasteiger partial charge in [0.2, 0.25) is 0 Å². The number of rotatable bonds is 6. The third-order valence-corrected chi connectivity index (χ3v) is 5.98. The molecule has 29 heavy (non-hydrogen) atoms. The molecule has 0 radical (unpaired) electrons. The van der Waals surface area contributed by atoms with Crippen LogP contribution in [-0.4, -0.2) is 15.1 Å². The average molecular weight is 422 g/mol. The second-order valence-corrected chi connectivity index (χ2v) is 8.31. The SMILES string of the molecule is Cc1ccccc1COc1ccc(/C=C2\SC(=S)N(Cc3ccco3)C2=O)cc1. The van der Waals surface area contributed by atoms with Gasteiger partial charge in [0, 0.05) is 0 Å². The molecule has 0 spiro atoms. The number of hydrogen-bond acceptors (Lipinski definition) is 5. The molecular formula is C23H19NO3S2. The normalized spacial score (nSPS) is 15.3. The minimum absolute atomic E-state index is 0.101. The van der Waals surface area contributed by atoms with E-state index >= 15 is 0 Å². The highest BCUT2D eigenvalue weighted by Gasteiger charge is 2.32. The molecule has 4 rings (SSSR count). The molecule has 1 aliphatic heterocycles. The van der Waals surface area contributed by atoms with Gasteiger partial charge in [0.1, 0.15) is 22.4 Å². The van der Waals surface area contributed by atoms with E-state index in [9.17, 15) is 4.79 Å². The van der Waals surface area contributed by atoms with Crippen molar-refractivity contribution in [3.8, 4) is 5.75 Å². The van der Waals surface area contributed by atoms with Crippen molar-refractivity contribution in [1.29, 1.82) is 0 Å². The molecule has 146 valence electrons. The summed E-state index contributed by atoms with van der Waals surface area (Å²) in [7, 11) is 0. The van der Waals surface area contributed by atoms with E-state index in [1.165, 1.54) is 17.3 Å². The van der Waals surface area contributed by atoms with E-state index in [1.54, 1.807) is 17.2 Å². The minimum atomic E-state index is -0.101. The first-order valence-electron chi connectivity index (χ1n) is 9.15. The van der Waals surface area contributed by atoms with Crippen LogP contribution in [-0.2, 0) is 17.9 Å². The molecule has 3 aromatic rings. The largest absolute Gasteiger partial charge is 0.489 e. The van der Waals surface area contributed by atoms with Crippen LogP contribution >= 0.6 is 24.0 Å². The second-order valence-electron chi connectivity index (χ2n) is 6.63. The Bertz CT molecular complexity index is 1060. The van der Waals surface area contributed by atoms with Crippen LogP contribution in [0.4, 0.5) is 0 Å². The molecule has 0 unspecified atom stereocenters. The molecule has 6 heteroatoms. The van der Waals surface area contributed by atoms with Gasteiger partial charge in [-0.1, -0.05) is 60.4 Å². The van der Waals surface area contributed by atoms with Crippen LogP contribution < -0.4 is 4.74 Å². The van der Waals surface area contributed by atoms with Crippen molar-refractivity contribution in [3.63, 3.8) is 0 Å². The summed E-state index contributed by atoms with van der Waals surface area (Å²) in [5, 5.41) is 0. The minimum Gasteiger partial charge on any atom is -0.489 e. The molecule has 0 atom stereocenters. The number of furan rings is 1. The van der Waals surface area contributed by atoms with Gasteiger partial charge < -0.3 is 9.15 Å². The van der Waals surface area contributed by atoms with E-state index in [-0.39, 0.29) is 5.91 Å². The zero-order valence-electron chi connectivity index (χ0n) is 15.8. The smallest absolute Gasteiger partial charge is 0.266 e.